The Labute approximate surface area is 178 Å². The average Bonchev–Trinajstić information content (AvgIpc) is 2.96. The molecule has 5 N–H and O–H groups in total. The van der Waals surface area contributed by atoms with Gasteiger partial charge in [0.25, 0.3) is 5.91 Å². The molecule has 2 heterocycles. The predicted molar refractivity (Wildman–Crippen MR) is 108 cm³/mol. The molecule has 2 fully saturated rings. The molecule has 0 radical (unpaired) electrons. The molecule has 2 aliphatic heterocycles. The van der Waals surface area contributed by atoms with E-state index in [1.165, 1.54) is 4.90 Å². The van der Waals surface area contributed by atoms with Crippen LogP contribution in [0.3, 0.4) is 0 Å². The third kappa shape index (κ3) is 5.14. The first-order chi connectivity index (χ1) is 14.4. The van der Waals surface area contributed by atoms with Crippen molar-refractivity contribution in [3.05, 3.63) is 29.8 Å². The number of carbonyl (C=O) groups is 3. The Bertz CT molecular complexity index is 794. The lowest BCUT2D eigenvalue weighted by Gasteiger charge is -2.29. The fraction of sp³-hybridized carbons (Fsp3) is 0.500. The second-order valence-corrected chi connectivity index (χ2v) is 7.57. The van der Waals surface area contributed by atoms with Crippen molar-refractivity contribution in [3.63, 3.8) is 0 Å². The van der Waals surface area contributed by atoms with Gasteiger partial charge in [-0.15, -0.1) is 0 Å². The number of hydroxylamine groups is 2. The summed E-state index contributed by atoms with van der Waals surface area (Å²) in [5, 5.41) is 1.07. The third-order valence-corrected chi connectivity index (χ3v) is 5.12. The molecule has 164 valence electrons. The first-order valence-electron chi connectivity index (χ1n) is 9.53. The van der Waals surface area contributed by atoms with E-state index in [9.17, 15) is 14.4 Å². The van der Waals surface area contributed by atoms with Crippen LogP contribution in [-0.2, 0) is 20.3 Å². The number of hydrazine groups is 1. The van der Waals surface area contributed by atoms with E-state index in [4.69, 9.17) is 19.3 Å². The molecule has 0 aromatic heterocycles. The number of piperidine rings is 1. The molecule has 2 bridgehead atoms. The van der Waals surface area contributed by atoms with Crippen molar-refractivity contribution < 1.29 is 28.0 Å². The second kappa shape index (κ2) is 9.98. The minimum atomic E-state index is -0.729. The smallest absolute Gasteiger partial charge is 0.346 e. The third-order valence-electron chi connectivity index (χ3n) is 4.89. The molecule has 11 nitrogen and oxygen atoms in total. The Balaban J connectivity index is 1.52. The standard InChI is InChI=1S/C18H25N5O6S/c1-11(19)10-28-15-5-3-2-4-12(15)8-16(24)20-21-17(25)14-7-6-13-9-22(14)18(26)23(13)29-30-27/h2-5,11,13-14,27H,6-10,19H2,1H3,(H,20,24)(H,21,25)/t11?,13?,14-/m0/s1. The lowest BCUT2D eigenvalue weighted by atomic mass is 10.0. The summed E-state index contributed by atoms with van der Waals surface area (Å²) in [7, 11) is 0. The Kier molecular flexibility index (Phi) is 7.37. The maximum absolute atomic E-state index is 12.5. The quantitative estimate of drug-likeness (QED) is 0.337. The summed E-state index contributed by atoms with van der Waals surface area (Å²) < 4.78 is 19.3. The topological polar surface area (TPSA) is 146 Å². The molecule has 0 spiro atoms. The molecule has 2 aliphatic rings. The summed E-state index contributed by atoms with van der Waals surface area (Å²) in [6.45, 7) is 2.45. The molecule has 30 heavy (non-hydrogen) atoms. The van der Waals surface area contributed by atoms with Gasteiger partial charge < -0.3 is 19.9 Å². The fourth-order valence-electron chi connectivity index (χ4n) is 3.48. The molecule has 3 rings (SSSR count). The van der Waals surface area contributed by atoms with E-state index < -0.39 is 23.9 Å². The largest absolute Gasteiger partial charge is 0.492 e. The first-order valence-corrected chi connectivity index (χ1v) is 10.2. The van der Waals surface area contributed by atoms with Crippen LogP contribution in [0.25, 0.3) is 0 Å². The van der Waals surface area contributed by atoms with Gasteiger partial charge in [-0.1, -0.05) is 18.2 Å². The molecular weight excluding hydrogens is 414 g/mol. The van der Waals surface area contributed by atoms with E-state index in [0.717, 1.165) is 5.06 Å². The van der Waals surface area contributed by atoms with Crippen LogP contribution in [-0.4, -0.2) is 63.6 Å². The van der Waals surface area contributed by atoms with Crippen LogP contribution in [0.4, 0.5) is 4.79 Å². The molecule has 1 aromatic carbocycles. The van der Waals surface area contributed by atoms with Gasteiger partial charge in [-0.25, -0.2) is 4.79 Å². The molecule has 2 unspecified atom stereocenters. The molecule has 0 saturated carbocycles. The van der Waals surface area contributed by atoms with Crippen molar-refractivity contribution in [2.45, 2.75) is 44.3 Å². The number of benzene rings is 1. The zero-order valence-corrected chi connectivity index (χ0v) is 17.3. The van der Waals surface area contributed by atoms with E-state index in [1.54, 1.807) is 24.3 Å². The van der Waals surface area contributed by atoms with Gasteiger partial charge in [0.2, 0.25) is 5.91 Å². The van der Waals surface area contributed by atoms with Crippen molar-refractivity contribution in [3.8, 4) is 5.75 Å². The lowest BCUT2D eigenvalue weighted by Crippen LogP contribution is -2.54. The molecule has 0 aliphatic carbocycles. The number of carbonyl (C=O) groups excluding carboxylic acids is 3. The number of ether oxygens (including phenoxy) is 1. The number of amides is 4. The highest BCUT2D eigenvalue weighted by Crippen LogP contribution is 2.31. The highest BCUT2D eigenvalue weighted by molar-refractivity contribution is 7.88. The summed E-state index contributed by atoms with van der Waals surface area (Å²) in [6, 6.07) is 5.51. The highest BCUT2D eigenvalue weighted by atomic mass is 32.2. The van der Waals surface area contributed by atoms with Gasteiger partial charge >= 0.3 is 6.03 Å². The van der Waals surface area contributed by atoms with Gasteiger partial charge in [-0.2, -0.15) is 9.35 Å². The Hall–Kier alpha value is -2.54. The van der Waals surface area contributed by atoms with Crippen LogP contribution in [0.2, 0.25) is 0 Å². The van der Waals surface area contributed by atoms with Crippen LogP contribution in [0.1, 0.15) is 25.3 Å². The van der Waals surface area contributed by atoms with Crippen molar-refractivity contribution in [2.24, 2.45) is 5.73 Å². The zero-order chi connectivity index (χ0) is 21.7. The van der Waals surface area contributed by atoms with Gasteiger partial charge in [0.05, 0.1) is 12.5 Å². The number of hydrogen-bond donors (Lipinski definition) is 4. The van der Waals surface area contributed by atoms with E-state index in [0.29, 0.717) is 37.3 Å². The number of rotatable bonds is 8. The summed E-state index contributed by atoms with van der Waals surface area (Å²) in [5.41, 5.74) is 11.1. The number of fused-ring (bicyclic) bond motifs is 2. The number of nitrogens with zero attached hydrogens (tertiary/aromatic N) is 2. The molecular formula is C18H25N5O6S. The molecule has 3 atom stereocenters. The van der Waals surface area contributed by atoms with Crippen LogP contribution in [0.15, 0.2) is 24.3 Å². The van der Waals surface area contributed by atoms with Crippen LogP contribution in [0, 0.1) is 0 Å². The van der Waals surface area contributed by atoms with Gasteiger partial charge in [0, 0.05) is 18.2 Å². The summed E-state index contributed by atoms with van der Waals surface area (Å²) in [5.74, 6) is -0.363. The maximum atomic E-state index is 12.5. The number of urea groups is 1. The van der Waals surface area contributed by atoms with E-state index >= 15 is 0 Å². The van der Waals surface area contributed by atoms with Gasteiger partial charge in [-0.05, 0) is 25.8 Å². The van der Waals surface area contributed by atoms with Crippen LogP contribution in [0.5, 0.6) is 5.75 Å². The molecule has 12 heteroatoms. The average molecular weight is 439 g/mol. The Morgan fingerprint density at radius 2 is 2.10 bits per heavy atom. The molecule has 4 amide bonds. The Morgan fingerprint density at radius 1 is 1.33 bits per heavy atom. The van der Waals surface area contributed by atoms with Gasteiger partial charge in [0.15, 0.2) is 12.3 Å². The zero-order valence-electron chi connectivity index (χ0n) is 16.4. The summed E-state index contributed by atoms with van der Waals surface area (Å²) in [4.78, 5) is 38.5. The van der Waals surface area contributed by atoms with Crippen LogP contribution < -0.4 is 21.3 Å². The normalized spacial score (nSPS) is 21.4. The summed E-state index contributed by atoms with van der Waals surface area (Å²) in [6.07, 6.45) is 0.960. The van der Waals surface area contributed by atoms with E-state index in [-0.39, 0.29) is 30.8 Å². The summed E-state index contributed by atoms with van der Waals surface area (Å²) >= 11 is 0.0859. The SMILES string of the molecule is CC(N)COc1ccccc1CC(=O)NNC(=O)[C@@H]1CCC2CN1C(=O)N2OSO. The van der Waals surface area contributed by atoms with Crippen molar-refractivity contribution in [1.82, 2.24) is 20.8 Å². The van der Waals surface area contributed by atoms with Gasteiger partial charge in [0.1, 0.15) is 18.4 Å². The Morgan fingerprint density at radius 3 is 2.83 bits per heavy atom. The number of para-hydroxylation sites is 1. The number of hydrogen-bond acceptors (Lipinski definition) is 8. The minimum Gasteiger partial charge on any atom is -0.492 e. The van der Waals surface area contributed by atoms with Crippen molar-refractivity contribution in [1.29, 1.82) is 0 Å². The minimum absolute atomic E-state index is 0.000131. The fourth-order valence-corrected chi connectivity index (χ4v) is 3.74. The van der Waals surface area contributed by atoms with Crippen molar-refractivity contribution in [2.75, 3.05) is 13.2 Å². The van der Waals surface area contributed by atoms with Gasteiger partial charge in [-0.3, -0.25) is 20.4 Å². The first kappa shape index (κ1) is 22.2. The van der Waals surface area contributed by atoms with Crippen molar-refractivity contribution >= 4 is 30.2 Å². The molecule has 2 saturated heterocycles. The molecule has 1 aromatic rings. The second-order valence-electron chi connectivity index (χ2n) is 7.27. The maximum Gasteiger partial charge on any atom is 0.346 e. The number of nitrogens with one attached hydrogen (secondary N) is 2. The van der Waals surface area contributed by atoms with E-state index in [2.05, 4.69) is 10.9 Å². The lowest BCUT2D eigenvalue weighted by molar-refractivity contribution is -0.131. The highest BCUT2D eigenvalue weighted by Gasteiger charge is 2.48. The van der Waals surface area contributed by atoms with E-state index in [1.807, 2.05) is 6.92 Å². The predicted octanol–water partition coefficient (Wildman–Crippen LogP) is 0.424. The van der Waals surface area contributed by atoms with Crippen LogP contribution >= 0.6 is 12.3 Å². The monoisotopic (exact) mass is 439 g/mol. The number of nitrogens with two attached hydrogens (primary N) is 1.